The summed E-state index contributed by atoms with van der Waals surface area (Å²) >= 11 is 4.24. The molecule has 21 heavy (non-hydrogen) atoms. The highest BCUT2D eigenvalue weighted by atomic mass is 79.9. The highest BCUT2D eigenvalue weighted by molar-refractivity contribution is 9.10. The molecule has 0 saturated carbocycles. The third-order valence-electron chi connectivity index (χ3n) is 2.52. The zero-order valence-electron chi connectivity index (χ0n) is 10.4. The first kappa shape index (κ1) is 13.8. The maximum absolute atomic E-state index is 11.7. The smallest absolute Gasteiger partial charge is 0.414 e. The average Bonchev–Trinajstić information content (AvgIpc) is 2.79. The van der Waals surface area contributed by atoms with Crippen LogP contribution in [0.1, 0.15) is 0 Å². The van der Waals surface area contributed by atoms with Gasteiger partial charge in [0.05, 0.1) is 9.17 Å². The number of para-hydroxylation sites is 1. The fourth-order valence-electron chi connectivity index (χ4n) is 1.65. The lowest BCUT2D eigenvalue weighted by atomic mass is 10.3. The molecule has 0 unspecified atom stereocenters. The van der Waals surface area contributed by atoms with E-state index < -0.39 is 11.1 Å². The molecule has 0 amide bonds. The topological polar surface area (TPSA) is 65.7 Å². The fourth-order valence-corrected chi connectivity index (χ4v) is 2.91. The molecule has 0 N–H and O–H groups in total. The van der Waals surface area contributed by atoms with Crippen LogP contribution in [0.15, 0.2) is 56.1 Å². The Labute approximate surface area is 130 Å². The lowest BCUT2D eigenvalue weighted by molar-refractivity contribution is 0.151. The van der Waals surface area contributed by atoms with Crippen LogP contribution < -0.4 is 14.4 Å². The van der Waals surface area contributed by atoms with Gasteiger partial charge in [0.15, 0.2) is 11.3 Å². The van der Waals surface area contributed by atoms with Crippen molar-refractivity contribution in [2.45, 2.75) is 0 Å². The van der Waals surface area contributed by atoms with Crippen molar-refractivity contribution in [3.8, 4) is 11.5 Å². The third kappa shape index (κ3) is 3.14. The lowest BCUT2D eigenvalue weighted by Crippen LogP contribution is -2.13. The number of carbonyl (C=O) groups excluding carboxylic acids is 1. The summed E-state index contributed by atoms with van der Waals surface area (Å²) in [6, 6.07) is 11.7. The number of hydrogen-bond acceptors (Lipinski definition) is 6. The molecule has 0 aliphatic carbocycles. The van der Waals surface area contributed by atoms with Gasteiger partial charge in [0.2, 0.25) is 0 Å². The highest BCUT2D eigenvalue weighted by Crippen LogP contribution is 2.32. The van der Waals surface area contributed by atoms with Crippen LogP contribution in [0.4, 0.5) is 4.79 Å². The molecule has 0 aliphatic rings. The Kier molecular flexibility index (Phi) is 3.76. The minimum Gasteiger partial charge on any atom is -0.414 e. The molecule has 5 nitrogen and oxygen atoms in total. The second-order valence-electron chi connectivity index (χ2n) is 3.95. The van der Waals surface area contributed by atoms with Crippen LogP contribution in [0.25, 0.3) is 10.3 Å². The SMILES string of the molecule is O=C(Oc1ccccc1)Oc1cc2oc(=O)sc2cc1Br. The number of halogens is 1. The fraction of sp³-hybridized carbons (Fsp3) is 0. The van der Waals surface area contributed by atoms with Crippen molar-refractivity contribution < 1.29 is 18.7 Å². The van der Waals surface area contributed by atoms with E-state index in [-0.39, 0.29) is 5.75 Å². The van der Waals surface area contributed by atoms with Crippen molar-refractivity contribution in [3.05, 3.63) is 56.7 Å². The molecule has 106 valence electrons. The van der Waals surface area contributed by atoms with Crippen LogP contribution in [0.3, 0.4) is 0 Å². The zero-order valence-corrected chi connectivity index (χ0v) is 12.8. The van der Waals surface area contributed by atoms with Crippen LogP contribution in [-0.4, -0.2) is 6.16 Å². The van der Waals surface area contributed by atoms with E-state index in [4.69, 9.17) is 13.9 Å². The van der Waals surface area contributed by atoms with Gasteiger partial charge >= 0.3 is 11.1 Å². The van der Waals surface area contributed by atoms with Crippen LogP contribution >= 0.6 is 27.3 Å². The Balaban J connectivity index is 1.82. The van der Waals surface area contributed by atoms with E-state index in [9.17, 15) is 9.59 Å². The van der Waals surface area contributed by atoms with Crippen molar-refractivity contribution in [2.75, 3.05) is 0 Å². The number of rotatable bonds is 2. The maximum atomic E-state index is 11.7. The van der Waals surface area contributed by atoms with Crippen LogP contribution in [0.5, 0.6) is 11.5 Å². The van der Waals surface area contributed by atoms with Gasteiger partial charge in [-0.15, -0.1) is 0 Å². The largest absolute Gasteiger partial charge is 0.519 e. The summed E-state index contributed by atoms with van der Waals surface area (Å²) in [5.41, 5.74) is 0.357. The van der Waals surface area contributed by atoms with Crippen LogP contribution in [0, 0.1) is 0 Å². The standard InChI is InChI=1S/C14H7BrO5S/c15-9-6-12-11(20-14(17)21-12)7-10(9)19-13(16)18-8-4-2-1-3-5-8/h1-7H. The molecular formula is C14H7BrO5S. The summed E-state index contributed by atoms with van der Waals surface area (Å²) in [5.74, 6) is 0.590. The molecule has 1 heterocycles. The molecular weight excluding hydrogens is 360 g/mol. The Morgan fingerprint density at radius 1 is 1.14 bits per heavy atom. The number of hydrogen-bond donors (Lipinski definition) is 0. The summed E-state index contributed by atoms with van der Waals surface area (Å²) in [7, 11) is 0. The summed E-state index contributed by atoms with van der Waals surface area (Å²) in [5, 5.41) is 0. The van der Waals surface area contributed by atoms with E-state index in [2.05, 4.69) is 15.9 Å². The van der Waals surface area contributed by atoms with Gasteiger partial charge in [-0.25, -0.2) is 9.59 Å². The van der Waals surface area contributed by atoms with Gasteiger partial charge in [0.25, 0.3) is 0 Å². The normalized spacial score (nSPS) is 10.5. The van der Waals surface area contributed by atoms with E-state index >= 15 is 0 Å². The molecule has 7 heteroatoms. The zero-order chi connectivity index (χ0) is 14.8. The molecule has 0 saturated heterocycles. The van der Waals surface area contributed by atoms with E-state index in [0.717, 1.165) is 11.3 Å². The van der Waals surface area contributed by atoms with Crippen LogP contribution in [-0.2, 0) is 0 Å². The molecule has 1 aromatic heterocycles. The quantitative estimate of drug-likeness (QED) is 0.502. The Bertz CT molecular complexity index is 853. The second-order valence-corrected chi connectivity index (χ2v) is 5.78. The number of carbonyl (C=O) groups is 1. The van der Waals surface area contributed by atoms with Gasteiger partial charge in [-0.05, 0) is 34.1 Å². The predicted octanol–water partition coefficient (Wildman–Crippen LogP) is 4.19. The first-order chi connectivity index (χ1) is 10.1. The molecule has 0 radical (unpaired) electrons. The number of ether oxygens (including phenoxy) is 2. The van der Waals surface area contributed by atoms with Crippen LogP contribution in [0.2, 0.25) is 0 Å². The average molecular weight is 367 g/mol. The van der Waals surface area contributed by atoms with Gasteiger partial charge in [-0.1, -0.05) is 29.5 Å². The van der Waals surface area contributed by atoms with E-state index in [0.29, 0.717) is 20.5 Å². The molecule has 0 spiro atoms. The molecule has 3 aromatic rings. The molecule has 3 rings (SSSR count). The van der Waals surface area contributed by atoms with Crippen molar-refractivity contribution >= 4 is 43.7 Å². The van der Waals surface area contributed by atoms with Gasteiger partial charge in [-0.2, -0.15) is 0 Å². The molecule has 0 bridgehead atoms. The summed E-state index contributed by atoms with van der Waals surface area (Å²) in [6.45, 7) is 0. The van der Waals surface area contributed by atoms with Crippen molar-refractivity contribution in [3.63, 3.8) is 0 Å². The van der Waals surface area contributed by atoms with E-state index in [1.807, 2.05) is 0 Å². The lowest BCUT2D eigenvalue weighted by Gasteiger charge is -2.06. The minimum absolute atomic E-state index is 0.213. The first-order valence-corrected chi connectivity index (χ1v) is 7.41. The highest BCUT2D eigenvalue weighted by Gasteiger charge is 2.14. The second kappa shape index (κ2) is 5.71. The van der Waals surface area contributed by atoms with E-state index in [1.54, 1.807) is 36.4 Å². The van der Waals surface area contributed by atoms with Gasteiger partial charge in [0, 0.05) is 6.07 Å². The minimum atomic E-state index is -0.876. The summed E-state index contributed by atoms with van der Waals surface area (Å²) < 4.78 is 16.3. The summed E-state index contributed by atoms with van der Waals surface area (Å²) in [4.78, 5) is 22.5. The van der Waals surface area contributed by atoms with Gasteiger partial charge in [0.1, 0.15) is 5.75 Å². The van der Waals surface area contributed by atoms with Crippen molar-refractivity contribution in [1.82, 2.24) is 0 Å². The third-order valence-corrected chi connectivity index (χ3v) is 3.93. The molecule has 2 aromatic carbocycles. The maximum Gasteiger partial charge on any atom is 0.519 e. The summed E-state index contributed by atoms with van der Waals surface area (Å²) in [6.07, 6.45) is -0.876. The Morgan fingerprint density at radius 2 is 1.90 bits per heavy atom. The van der Waals surface area contributed by atoms with Gasteiger partial charge < -0.3 is 13.9 Å². The molecule has 0 fully saturated rings. The van der Waals surface area contributed by atoms with Crippen molar-refractivity contribution in [1.29, 1.82) is 0 Å². The first-order valence-electron chi connectivity index (χ1n) is 5.80. The van der Waals surface area contributed by atoms with Gasteiger partial charge in [-0.3, -0.25) is 0 Å². The Hall–Kier alpha value is -2.12. The van der Waals surface area contributed by atoms with Crippen molar-refractivity contribution in [2.24, 2.45) is 0 Å². The monoisotopic (exact) mass is 366 g/mol. The van der Waals surface area contributed by atoms with E-state index in [1.165, 1.54) is 6.07 Å². The predicted molar refractivity (Wildman–Crippen MR) is 81.2 cm³/mol. The number of benzene rings is 2. The number of fused-ring (bicyclic) bond motifs is 1. The molecule has 0 aliphatic heterocycles. The molecule has 0 atom stereocenters. The Morgan fingerprint density at radius 3 is 2.67 bits per heavy atom.